The summed E-state index contributed by atoms with van der Waals surface area (Å²) in [7, 11) is -9.93. The maximum atomic E-state index is 13.1. The van der Waals surface area contributed by atoms with Crippen LogP contribution < -0.4 is 0 Å². The lowest BCUT2D eigenvalue weighted by Gasteiger charge is -2.21. The van der Waals surface area contributed by atoms with Crippen LogP contribution in [0.1, 0.15) is 428 Å². The smallest absolute Gasteiger partial charge is 0.462 e. The van der Waals surface area contributed by atoms with Crippen LogP contribution in [0, 0.1) is 23.7 Å². The number of carbonyl (C=O) groups is 4. The fraction of sp³-hybridized carbons (Fsp3) is 0.952. The van der Waals surface area contributed by atoms with Crippen LogP contribution in [0.3, 0.4) is 0 Å². The Morgan fingerprint density at radius 1 is 0.275 bits per heavy atom. The van der Waals surface area contributed by atoms with Gasteiger partial charge in [0.15, 0.2) is 12.2 Å². The summed E-state index contributed by atoms with van der Waals surface area (Å²) in [5.41, 5.74) is 0. The van der Waals surface area contributed by atoms with Crippen molar-refractivity contribution >= 4 is 39.5 Å². The Morgan fingerprint density at radius 3 is 0.696 bits per heavy atom. The van der Waals surface area contributed by atoms with Gasteiger partial charge in [-0.15, -0.1) is 0 Å². The molecule has 0 rings (SSSR count). The summed E-state index contributed by atoms with van der Waals surface area (Å²) in [6.45, 7) is 14.3. The number of aliphatic hydroxyl groups excluding tert-OH is 1. The average molecular weight is 1490 g/mol. The Labute approximate surface area is 626 Å². The van der Waals surface area contributed by atoms with Crippen molar-refractivity contribution in [3.05, 3.63) is 0 Å². The molecule has 102 heavy (non-hydrogen) atoms. The van der Waals surface area contributed by atoms with Gasteiger partial charge in [-0.05, 0) is 49.4 Å². The highest BCUT2D eigenvalue weighted by atomic mass is 31.2. The van der Waals surface area contributed by atoms with Gasteiger partial charge in [-0.1, -0.05) is 376 Å². The van der Waals surface area contributed by atoms with Crippen LogP contribution in [-0.4, -0.2) is 96.7 Å². The third-order valence-electron chi connectivity index (χ3n) is 19.7. The molecule has 0 bridgehead atoms. The zero-order chi connectivity index (χ0) is 75.3. The van der Waals surface area contributed by atoms with Crippen LogP contribution in [0.2, 0.25) is 0 Å². The topological polar surface area (TPSA) is 237 Å². The van der Waals surface area contributed by atoms with E-state index in [2.05, 4.69) is 55.4 Å². The summed E-state index contributed by atoms with van der Waals surface area (Å²) >= 11 is 0. The molecular formula is C83H162O17P2. The lowest BCUT2D eigenvalue weighted by atomic mass is 9.99. The van der Waals surface area contributed by atoms with Crippen molar-refractivity contribution < 1.29 is 80.2 Å². The van der Waals surface area contributed by atoms with E-state index in [1.165, 1.54) is 231 Å². The van der Waals surface area contributed by atoms with Crippen molar-refractivity contribution in [3.8, 4) is 0 Å². The van der Waals surface area contributed by atoms with Gasteiger partial charge in [-0.3, -0.25) is 37.3 Å². The summed E-state index contributed by atoms with van der Waals surface area (Å²) in [5.74, 6) is 1.03. The summed E-state index contributed by atoms with van der Waals surface area (Å²) < 4.78 is 68.8. The Kier molecular flexibility index (Phi) is 70.6. The van der Waals surface area contributed by atoms with Gasteiger partial charge in [0.2, 0.25) is 0 Å². The molecular weight excluding hydrogens is 1330 g/mol. The minimum atomic E-state index is -4.96. The number of unbranched alkanes of at least 4 members (excludes halogenated alkanes) is 45. The van der Waals surface area contributed by atoms with Gasteiger partial charge in [0, 0.05) is 25.7 Å². The average Bonchev–Trinajstić information content (AvgIpc) is 1.81. The number of rotatable bonds is 80. The number of phosphoric acid groups is 2. The van der Waals surface area contributed by atoms with Gasteiger partial charge in [-0.25, -0.2) is 9.13 Å². The van der Waals surface area contributed by atoms with Gasteiger partial charge < -0.3 is 33.8 Å². The monoisotopic (exact) mass is 1490 g/mol. The van der Waals surface area contributed by atoms with E-state index in [4.69, 9.17) is 37.0 Å². The van der Waals surface area contributed by atoms with Crippen LogP contribution in [0.15, 0.2) is 0 Å². The largest absolute Gasteiger partial charge is 0.472 e. The van der Waals surface area contributed by atoms with Crippen molar-refractivity contribution in [2.24, 2.45) is 23.7 Å². The number of esters is 4. The second kappa shape index (κ2) is 72.0. The third-order valence-corrected chi connectivity index (χ3v) is 21.6. The summed E-state index contributed by atoms with van der Waals surface area (Å²) in [5, 5.41) is 10.7. The molecule has 0 aromatic rings. The Balaban J connectivity index is 5.26. The highest BCUT2D eigenvalue weighted by molar-refractivity contribution is 7.47. The predicted octanol–water partition coefficient (Wildman–Crippen LogP) is 24.8. The zero-order valence-electron chi connectivity index (χ0n) is 67.2. The Hall–Kier alpha value is -1.94. The normalized spacial score (nSPS) is 14.3. The molecule has 0 aromatic carbocycles. The van der Waals surface area contributed by atoms with Crippen LogP contribution >= 0.6 is 15.6 Å². The maximum Gasteiger partial charge on any atom is 0.472 e. The molecule has 0 saturated heterocycles. The van der Waals surface area contributed by atoms with Gasteiger partial charge in [-0.2, -0.15) is 0 Å². The number of hydrogen-bond donors (Lipinski definition) is 3. The van der Waals surface area contributed by atoms with Crippen LogP contribution in [0.4, 0.5) is 0 Å². The Bertz CT molecular complexity index is 1990. The molecule has 606 valence electrons. The first-order chi connectivity index (χ1) is 49.1. The lowest BCUT2D eigenvalue weighted by molar-refractivity contribution is -0.161. The number of aliphatic hydroxyl groups is 1. The van der Waals surface area contributed by atoms with Crippen molar-refractivity contribution in [2.45, 2.75) is 446 Å². The predicted molar refractivity (Wildman–Crippen MR) is 418 cm³/mol. The van der Waals surface area contributed by atoms with Gasteiger partial charge in [0.25, 0.3) is 0 Å². The molecule has 0 aromatic heterocycles. The van der Waals surface area contributed by atoms with Gasteiger partial charge in [0.1, 0.15) is 19.3 Å². The molecule has 0 heterocycles. The first-order valence-electron chi connectivity index (χ1n) is 42.7. The molecule has 0 aliphatic carbocycles. The number of hydrogen-bond acceptors (Lipinski definition) is 15. The minimum absolute atomic E-state index is 0.106. The molecule has 3 N–H and O–H groups in total. The van der Waals surface area contributed by atoms with Crippen molar-refractivity contribution in [1.29, 1.82) is 0 Å². The van der Waals surface area contributed by atoms with Crippen LogP contribution in [0.25, 0.3) is 0 Å². The third kappa shape index (κ3) is 74.9. The fourth-order valence-corrected chi connectivity index (χ4v) is 14.3. The molecule has 3 unspecified atom stereocenters. The molecule has 0 spiro atoms. The van der Waals surface area contributed by atoms with E-state index in [9.17, 15) is 43.2 Å². The molecule has 0 aliphatic rings. The van der Waals surface area contributed by atoms with Crippen LogP contribution in [-0.2, 0) is 65.4 Å². The number of ether oxygens (including phenoxy) is 4. The molecule has 19 heteroatoms. The van der Waals surface area contributed by atoms with E-state index in [-0.39, 0.29) is 25.7 Å². The van der Waals surface area contributed by atoms with Crippen molar-refractivity contribution in [3.63, 3.8) is 0 Å². The van der Waals surface area contributed by atoms with E-state index < -0.39 is 97.5 Å². The minimum Gasteiger partial charge on any atom is -0.462 e. The number of carbonyl (C=O) groups excluding carboxylic acids is 4. The molecule has 0 aliphatic heterocycles. The molecule has 17 nitrogen and oxygen atoms in total. The van der Waals surface area contributed by atoms with E-state index >= 15 is 0 Å². The summed E-state index contributed by atoms with van der Waals surface area (Å²) in [6, 6.07) is 0. The molecule has 0 radical (unpaired) electrons. The second-order valence-corrected chi connectivity index (χ2v) is 34.4. The molecule has 0 fully saturated rings. The molecule has 0 amide bonds. The summed E-state index contributed by atoms with van der Waals surface area (Å²) in [4.78, 5) is 73.1. The van der Waals surface area contributed by atoms with Crippen LogP contribution in [0.5, 0.6) is 0 Å². The lowest BCUT2D eigenvalue weighted by Crippen LogP contribution is -2.30. The highest BCUT2D eigenvalue weighted by Gasteiger charge is 2.30. The van der Waals surface area contributed by atoms with Crippen molar-refractivity contribution in [2.75, 3.05) is 39.6 Å². The first-order valence-corrected chi connectivity index (χ1v) is 45.7. The zero-order valence-corrected chi connectivity index (χ0v) is 69.0. The maximum absolute atomic E-state index is 13.1. The van der Waals surface area contributed by atoms with Crippen molar-refractivity contribution in [1.82, 2.24) is 0 Å². The highest BCUT2D eigenvalue weighted by Crippen LogP contribution is 2.45. The van der Waals surface area contributed by atoms with E-state index in [1.54, 1.807) is 0 Å². The van der Waals surface area contributed by atoms with E-state index in [1.807, 2.05) is 0 Å². The second-order valence-electron chi connectivity index (χ2n) is 31.5. The quantitative estimate of drug-likeness (QED) is 0.0222. The van der Waals surface area contributed by atoms with E-state index in [0.717, 1.165) is 114 Å². The molecule has 0 saturated carbocycles. The van der Waals surface area contributed by atoms with E-state index in [0.29, 0.717) is 25.7 Å². The van der Waals surface area contributed by atoms with Gasteiger partial charge >= 0.3 is 39.5 Å². The Morgan fingerprint density at radius 2 is 0.471 bits per heavy atom. The summed E-state index contributed by atoms with van der Waals surface area (Å²) in [6.07, 6.45) is 59.6. The standard InChI is InChI=1S/C83H162O17P2/c1-9-76(8)62-54-46-38-29-25-26-32-42-50-58-66-83(88)100-79(70-94-81(86)64-56-48-40-34-33-37-45-53-61-75(6)7)72-98-102(91,92)96-68-77(84)67-95-101(89,90)97-71-78(69-93-80(85)63-55-47-39-30-23-19-16-12-14-18-22-28-36-44-52-60-74(4)5)99-82(87)65-57-49-41-31-24-20-15-11-10-13-17-21-27-35-43-51-59-73(2)3/h73-79,84H,9-72H2,1-8H3,(H,89,90)(H,91,92)/t76?,77-,78-,79-/m1/s1. The first kappa shape index (κ1) is 100. The SMILES string of the molecule is CCC(C)CCCCCCCCCCCCC(=O)O[C@H](COC(=O)CCCCCCCCCCC(C)C)COP(=O)(O)OC[C@H](O)COP(=O)(O)OC[C@@H](COC(=O)CCCCCCCCCCCCCCCCCC(C)C)OC(=O)CCCCCCCCCCCCCCCCCCC(C)C. The molecule has 6 atom stereocenters. The number of phosphoric ester groups is 2. The van der Waals surface area contributed by atoms with Gasteiger partial charge in [0.05, 0.1) is 26.4 Å². The fourth-order valence-electron chi connectivity index (χ4n) is 12.8.